The van der Waals surface area contributed by atoms with Gasteiger partial charge in [-0.3, -0.25) is 4.79 Å². The van der Waals surface area contributed by atoms with Crippen LogP contribution < -0.4 is 5.32 Å². The number of hydrogen-bond acceptors (Lipinski definition) is 2. The number of hydrogen-bond donors (Lipinski definition) is 2. The van der Waals surface area contributed by atoms with Gasteiger partial charge in [0, 0.05) is 36.6 Å². The van der Waals surface area contributed by atoms with Crippen LogP contribution in [0.4, 0.5) is 0 Å². The van der Waals surface area contributed by atoms with E-state index < -0.39 is 0 Å². The molecule has 4 heteroatoms. The molecule has 0 aliphatic carbocycles. The first-order chi connectivity index (χ1) is 9.13. The number of rotatable bonds is 1. The van der Waals surface area contributed by atoms with Crippen LogP contribution in [-0.2, 0) is 0 Å². The SMILES string of the molecule is Cc1ccc2cc(C(=O)N3CCN[C@H](C)C3)[nH]c2c1. The molecule has 2 N–H and O–H groups in total. The molecule has 1 aliphatic rings. The summed E-state index contributed by atoms with van der Waals surface area (Å²) in [5.41, 5.74) is 2.92. The Hall–Kier alpha value is -1.81. The van der Waals surface area contributed by atoms with E-state index in [1.807, 2.05) is 11.0 Å². The molecule has 2 heterocycles. The molecule has 1 aromatic carbocycles. The van der Waals surface area contributed by atoms with E-state index in [0.717, 1.165) is 30.5 Å². The monoisotopic (exact) mass is 257 g/mol. The van der Waals surface area contributed by atoms with E-state index in [9.17, 15) is 4.79 Å². The van der Waals surface area contributed by atoms with Crippen LogP contribution in [-0.4, -0.2) is 41.5 Å². The fraction of sp³-hybridized carbons (Fsp3) is 0.400. The minimum Gasteiger partial charge on any atom is -0.351 e. The zero-order valence-corrected chi connectivity index (χ0v) is 11.4. The highest BCUT2D eigenvalue weighted by Crippen LogP contribution is 2.18. The Morgan fingerprint density at radius 3 is 3.00 bits per heavy atom. The van der Waals surface area contributed by atoms with Gasteiger partial charge in [-0.25, -0.2) is 0 Å². The minimum atomic E-state index is 0.0993. The van der Waals surface area contributed by atoms with Crippen LogP contribution in [0.3, 0.4) is 0 Å². The smallest absolute Gasteiger partial charge is 0.270 e. The molecule has 0 radical (unpaired) electrons. The summed E-state index contributed by atoms with van der Waals surface area (Å²) >= 11 is 0. The maximum atomic E-state index is 12.5. The van der Waals surface area contributed by atoms with Crippen LogP contribution in [0.25, 0.3) is 10.9 Å². The molecule has 2 aromatic rings. The lowest BCUT2D eigenvalue weighted by atomic mass is 10.2. The highest BCUT2D eigenvalue weighted by atomic mass is 16.2. The minimum absolute atomic E-state index is 0.0993. The van der Waals surface area contributed by atoms with Crippen LogP contribution in [0, 0.1) is 6.92 Å². The average molecular weight is 257 g/mol. The molecule has 1 fully saturated rings. The van der Waals surface area contributed by atoms with Crippen molar-refractivity contribution >= 4 is 16.8 Å². The molecule has 1 atom stereocenters. The Balaban J connectivity index is 1.88. The summed E-state index contributed by atoms with van der Waals surface area (Å²) in [6.45, 7) is 6.57. The van der Waals surface area contributed by atoms with Crippen molar-refractivity contribution in [3.63, 3.8) is 0 Å². The number of carbonyl (C=O) groups is 1. The second-order valence-electron chi connectivity index (χ2n) is 5.38. The number of carbonyl (C=O) groups excluding carboxylic acids is 1. The van der Waals surface area contributed by atoms with Crippen molar-refractivity contribution in [1.29, 1.82) is 0 Å². The lowest BCUT2D eigenvalue weighted by Gasteiger charge is -2.31. The van der Waals surface area contributed by atoms with Crippen LogP contribution in [0.1, 0.15) is 23.0 Å². The van der Waals surface area contributed by atoms with E-state index in [1.54, 1.807) is 0 Å². The second-order valence-corrected chi connectivity index (χ2v) is 5.38. The summed E-state index contributed by atoms with van der Waals surface area (Å²) < 4.78 is 0. The number of amides is 1. The summed E-state index contributed by atoms with van der Waals surface area (Å²) in [5, 5.41) is 4.44. The second kappa shape index (κ2) is 4.70. The Bertz CT molecular complexity index is 617. The van der Waals surface area contributed by atoms with Crippen molar-refractivity contribution < 1.29 is 4.79 Å². The van der Waals surface area contributed by atoms with Gasteiger partial charge in [0.05, 0.1) is 0 Å². The summed E-state index contributed by atoms with van der Waals surface area (Å²) in [7, 11) is 0. The number of nitrogens with one attached hydrogen (secondary N) is 2. The molecule has 19 heavy (non-hydrogen) atoms. The van der Waals surface area contributed by atoms with E-state index in [-0.39, 0.29) is 5.91 Å². The van der Waals surface area contributed by atoms with Crippen LogP contribution in [0.15, 0.2) is 24.3 Å². The standard InChI is InChI=1S/C15H19N3O/c1-10-3-4-12-8-14(17-13(12)7-10)15(19)18-6-5-16-11(2)9-18/h3-4,7-8,11,16-17H,5-6,9H2,1-2H3/t11-/m1/s1. The van der Waals surface area contributed by atoms with E-state index in [1.165, 1.54) is 5.56 Å². The molecule has 100 valence electrons. The van der Waals surface area contributed by atoms with Crippen molar-refractivity contribution in [2.24, 2.45) is 0 Å². The van der Waals surface area contributed by atoms with Gasteiger partial charge < -0.3 is 15.2 Å². The molecule has 4 nitrogen and oxygen atoms in total. The first kappa shape index (κ1) is 12.2. The maximum Gasteiger partial charge on any atom is 0.270 e. The summed E-state index contributed by atoms with van der Waals surface area (Å²) in [4.78, 5) is 17.6. The first-order valence-corrected chi connectivity index (χ1v) is 6.75. The van der Waals surface area contributed by atoms with E-state index in [0.29, 0.717) is 11.7 Å². The lowest BCUT2D eigenvalue weighted by molar-refractivity contribution is 0.0704. The Morgan fingerprint density at radius 2 is 2.21 bits per heavy atom. The third kappa shape index (κ3) is 2.36. The van der Waals surface area contributed by atoms with Gasteiger partial charge in [-0.05, 0) is 31.5 Å². The fourth-order valence-electron chi connectivity index (χ4n) is 2.64. The molecule has 1 aliphatic heterocycles. The van der Waals surface area contributed by atoms with Gasteiger partial charge >= 0.3 is 0 Å². The van der Waals surface area contributed by atoms with E-state index in [2.05, 4.69) is 42.3 Å². The third-order valence-electron chi connectivity index (χ3n) is 3.66. The van der Waals surface area contributed by atoms with Crippen molar-refractivity contribution in [1.82, 2.24) is 15.2 Å². The molecule has 1 amide bonds. The molecule has 0 saturated carbocycles. The van der Waals surface area contributed by atoms with Gasteiger partial charge in [0.1, 0.15) is 5.69 Å². The number of piperazine rings is 1. The highest BCUT2D eigenvalue weighted by Gasteiger charge is 2.22. The number of aromatic amines is 1. The van der Waals surface area contributed by atoms with Gasteiger partial charge in [0.2, 0.25) is 0 Å². The van der Waals surface area contributed by atoms with Gasteiger partial charge in [0.25, 0.3) is 5.91 Å². The molecular weight excluding hydrogens is 238 g/mol. The zero-order valence-electron chi connectivity index (χ0n) is 11.4. The van der Waals surface area contributed by atoms with Crippen LogP contribution in [0.2, 0.25) is 0 Å². The number of benzene rings is 1. The van der Waals surface area contributed by atoms with Crippen molar-refractivity contribution in [3.05, 3.63) is 35.5 Å². The van der Waals surface area contributed by atoms with Gasteiger partial charge in [-0.1, -0.05) is 12.1 Å². The number of fused-ring (bicyclic) bond motifs is 1. The van der Waals surface area contributed by atoms with Gasteiger partial charge in [-0.15, -0.1) is 0 Å². The van der Waals surface area contributed by atoms with Crippen molar-refractivity contribution in [2.45, 2.75) is 19.9 Å². The summed E-state index contributed by atoms with van der Waals surface area (Å²) in [6, 6.07) is 8.51. The fourth-order valence-corrected chi connectivity index (χ4v) is 2.64. The van der Waals surface area contributed by atoms with E-state index >= 15 is 0 Å². The van der Waals surface area contributed by atoms with Crippen molar-refractivity contribution in [2.75, 3.05) is 19.6 Å². The number of aromatic nitrogens is 1. The topological polar surface area (TPSA) is 48.1 Å². The average Bonchev–Trinajstić information content (AvgIpc) is 2.80. The molecule has 0 spiro atoms. The molecule has 0 unspecified atom stereocenters. The van der Waals surface area contributed by atoms with Crippen LogP contribution >= 0.6 is 0 Å². The largest absolute Gasteiger partial charge is 0.351 e. The Labute approximate surface area is 112 Å². The highest BCUT2D eigenvalue weighted by molar-refractivity contribution is 5.98. The number of H-pyrrole nitrogens is 1. The predicted molar refractivity (Wildman–Crippen MR) is 76.4 cm³/mol. The summed E-state index contributed by atoms with van der Waals surface area (Å²) in [5.74, 6) is 0.0993. The normalized spacial score (nSPS) is 19.9. The number of nitrogens with zero attached hydrogens (tertiary/aromatic N) is 1. The number of aryl methyl sites for hydroxylation is 1. The Morgan fingerprint density at radius 1 is 1.37 bits per heavy atom. The predicted octanol–water partition coefficient (Wildman–Crippen LogP) is 1.91. The first-order valence-electron chi connectivity index (χ1n) is 6.75. The Kier molecular flexibility index (Phi) is 3.03. The van der Waals surface area contributed by atoms with Gasteiger partial charge in [0.15, 0.2) is 0 Å². The molecule has 3 rings (SSSR count). The maximum absolute atomic E-state index is 12.5. The molecular formula is C15H19N3O. The third-order valence-corrected chi connectivity index (χ3v) is 3.66. The van der Waals surface area contributed by atoms with Gasteiger partial charge in [-0.2, -0.15) is 0 Å². The zero-order chi connectivity index (χ0) is 13.4. The van der Waals surface area contributed by atoms with Crippen LogP contribution in [0.5, 0.6) is 0 Å². The van der Waals surface area contributed by atoms with Crippen molar-refractivity contribution in [3.8, 4) is 0 Å². The quantitative estimate of drug-likeness (QED) is 0.820. The summed E-state index contributed by atoms with van der Waals surface area (Å²) in [6.07, 6.45) is 0. The molecule has 1 aromatic heterocycles. The lowest BCUT2D eigenvalue weighted by Crippen LogP contribution is -2.51. The van der Waals surface area contributed by atoms with E-state index in [4.69, 9.17) is 0 Å². The molecule has 0 bridgehead atoms. The molecule has 1 saturated heterocycles.